The van der Waals surface area contributed by atoms with Gasteiger partial charge in [0.15, 0.2) is 0 Å². The Balaban J connectivity index is 2.05. The van der Waals surface area contributed by atoms with Crippen molar-refractivity contribution in [2.45, 2.75) is 23.8 Å². The standard InChI is InChI=1S/C20H21N3O6S/c1-29-18-7-5-14(20(25)26)10-19(18)30(27,28)22-16-9-13(11-21)4-6-17(16)23-8-2-3-15(24)12-23/h4-7,9-10,15,22,24H,2-3,8,12H2,1H3,(H,25,26)/t15-/m0/s1. The molecule has 2 aromatic rings. The number of anilines is 2. The molecule has 2 aromatic carbocycles. The maximum atomic E-state index is 13.1. The number of ether oxygens (including phenoxy) is 1. The van der Waals surface area contributed by atoms with Gasteiger partial charge in [-0.15, -0.1) is 0 Å². The maximum Gasteiger partial charge on any atom is 0.335 e. The molecule has 1 heterocycles. The number of nitriles is 1. The Bertz CT molecular complexity index is 1110. The van der Waals surface area contributed by atoms with Gasteiger partial charge in [0.25, 0.3) is 10.0 Å². The van der Waals surface area contributed by atoms with Crippen molar-refractivity contribution in [2.24, 2.45) is 0 Å². The van der Waals surface area contributed by atoms with E-state index in [-0.39, 0.29) is 27.5 Å². The Morgan fingerprint density at radius 1 is 1.30 bits per heavy atom. The van der Waals surface area contributed by atoms with Gasteiger partial charge >= 0.3 is 5.97 Å². The minimum absolute atomic E-state index is 0.0149. The molecule has 0 amide bonds. The first-order valence-corrected chi connectivity index (χ1v) is 10.6. The number of nitrogens with one attached hydrogen (secondary N) is 1. The van der Waals surface area contributed by atoms with Crippen LogP contribution in [0.2, 0.25) is 0 Å². The average Bonchev–Trinajstić information content (AvgIpc) is 2.72. The van der Waals surface area contributed by atoms with Crippen molar-refractivity contribution in [3.63, 3.8) is 0 Å². The van der Waals surface area contributed by atoms with Crippen molar-refractivity contribution in [3.05, 3.63) is 47.5 Å². The first-order chi connectivity index (χ1) is 14.2. The fourth-order valence-electron chi connectivity index (χ4n) is 3.36. The van der Waals surface area contributed by atoms with Crippen molar-refractivity contribution in [1.29, 1.82) is 5.26 Å². The molecule has 0 aliphatic carbocycles. The van der Waals surface area contributed by atoms with E-state index in [0.717, 1.165) is 12.5 Å². The molecule has 0 bridgehead atoms. The smallest absolute Gasteiger partial charge is 0.335 e. The summed E-state index contributed by atoms with van der Waals surface area (Å²) in [5.41, 5.74) is 0.720. The van der Waals surface area contributed by atoms with Gasteiger partial charge in [-0.1, -0.05) is 0 Å². The predicted molar refractivity (Wildman–Crippen MR) is 109 cm³/mol. The number of hydrogen-bond acceptors (Lipinski definition) is 7. The van der Waals surface area contributed by atoms with Crippen LogP contribution in [0.4, 0.5) is 11.4 Å². The van der Waals surface area contributed by atoms with E-state index >= 15 is 0 Å². The van der Waals surface area contributed by atoms with Gasteiger partial charge in [0.2, 0.25) is 0 Å². The molecule has 1 saturated heterocycles. The number of nitrogens with zero attached hydrogens (tertiary/aromatic N) is 2. The van der Waals surface area contributed by atoms with Crippen LogP contribution in [0.15, 0.2) is 41.3 Å². The van der Waals surface area contributed by atoms with Crippen molar-refractivity contribution >= 4 is 27.4 Å². The third kappa shape index (κ3) is 4.48. The highest BCUT2D eigenvalue weighted by Crippen LogP contribution is 2.33. The number of methoxy groups -OCH3 is 1. The highest BCUT2D eigenvalue weighted by molar-refractivity contribution is 7.92. The average molecular weight is 431 g/mol. The van der Waals surface area contributed by atoms with Crippen LogP contribution in [0, 0.1) is 11.3 Å². The minimum atomic E-state index is -4.25. The number of hydrogen-bond donors (Lipinski definition) is 3. The van der Waals surface area contributed by atoms with Gasteiger partial charge in [-0.3, -0.25) is 4.72 Å². The van der Waals surface area contributed by atoms with E-state index in [0.29, 0.717) is 25.2 Å². The molecule has 1 aliphatic rings. The summed E-state index contributed by atoms with van der Waals surface area (Å²) in [4.78, 5) is 12.8. The number of carboxylic acid groups (broad SMARTS) is 1. The molecule has 0 unspecified atom stereocenters. The third-order valence-corrected chi connectivity index (χ3v) is 6.19. The lowest BCUT2D eigenvalue weighted by Gasteiger charge is -2.33. The molecular formula is C20H21N3O6S. The molecule has 10 heteroatoms. The number of aliphatic hydroxyl groups is 1. The Labute approximate surface area is 174 Å². The molecule has 0 aromatic heterocycles. The second-order valence-corrected chi connectivity index (χ2v) is 8.51. The fraction of sp³-hybridized carbons (Fsp3) is 0.300. The van der Waals surface area contributed by atoms with Crippen molar-refractivity contribution in [1.82, 2.24) is 0 Å². The summed E-state index contributed by atoms with van der Waals surface area (Å²) >= 11 is 0. The number of piperidine rings is 1. The van der Waals surface area contributed by atoms with Crippen LogP contribution in [-0.2, 0) is 10.0 Å². The molecular weight excluding hydrogens is 410 g/mol. The van der Waals surface area contributed by atoms with Crippen LogP contribution < -0.4 is 14.4 Å². The van der Waals surface area contributed by atoms with Gasteiger partial charge in [0.05, 0.1) is 41.8 Å². The van der Waals surface area contributed by atoms with Crippen LogP contribution in [0.1, 0.15) is 28.8 Å². The summed E-state index contributed by atoms with van der Waals surface area (Å²) in [6, 6.07) is 10.1. The summed E-state index contributed by atoms with van der Waals surface area (Å²) in [5.74, 6) is -1.29. The Kier molecular flexibility index (Phi) is 6.14. The zero-order chi connectivity index (χ0) is 21.9. The Morgan fingerprint density at radius 2 is 2.07 bits per heavy atom. The highest BCUT2D eigenvalue weighted by atomic mass is 32.2. The van der Waals surface area contributed by atoms with E-state index < -0.39 is 22.1 Å². The number of rotatable bonds is 6. The van der Waals surface area contributed by atoms with Gasteiger partial charge < -0.3 is 19.8 Å². The van der Waals surface area contributed by atoms with Gasteiger partial charge in [0.1, 0.15) is 10.6 Å². The fourth-order valence-corrected chi connectivity index (χ4v) is 4.62. The molecule has 0 saturated carbocycles. The van der Waals surface area contributed by atoms with Crippen LogP contribution >= 0.6 is 0 Å². The van der Waals surface area contributed by atoms with Gasteiger partial charge in [0, 0.05) is 13.1 Å². The van der Waals surface area contributed by atoms with E-state index in [2.05, 4.69) is 4.72 Å². The number of aliphatic hydroxyl groups excluding tert-OH is 1. The molecule has 30 heavy (non-hydrogen) atoms. The normalized spacial score (nSPS) is 16.6. The molecule has 158 valence electrons. The summed E-state index contributed by atoms with van der Waals surface area (Å²) in [6.07, 6.45) is 0.862. The number of β-amino-alcohol motifs (C(OH)–C–C–N with tert-alkyl or cyclic N) is 1. The number of aromatic carboxylic acids is 1. The van der Waals surface area contributed by atoms with Crippen molar-refractivity contribution in [2.75, 3.05) is 29.8 Å². The van der Waals surface area contributed by atoms with E-state index in [1.807, 2.05) is 11.0 Å². The predicted octanol–water partition coefficient (Wildman–Crippen LogP) is 2.03. The Morgan fingerprint density at radius 3 is 2.70 bits per heavy atom. The second-order valence-electron chi connectivity index (χ2n) is 6.86. The summed E-state index contributed by atoms with van der Waals surface area (Å²) in [5, 5.41) is 28.4. The lowest BCUT2D eigenvalue weighted by atomic mass is 10.1. The molecule has 3 rings (SSSR count). The number of carbonyl (C=O) groups is 1. The maximum absolute atomic E-state index is 13.1. The lowest BCUT2D eigenvalue weighted by Crippen LogP contribution is -2.38. The van der Waals surface area contributed by atoms with E-state index in [1.165, 1.54) is 25.3 Å². The van der Waals surface area contributed by atoms with Gasteiger partial charge in [-0.05, 0) is 49.2 Å². The zero-order valence-electron chi connectivity index (χ0n) is 16.2. The largest absolute Gasteiger partial charge is 0.495 e. The Hall–Kier alpha value is -3.29. The van der Waals surface area contributed by atoms with Crippen molar-refractivity contribution < 1.29 is 28.2 Å². The minimum Gasteiger partial charge on any atom is -0.495 e. The van der Waals surface area contributed by atoms with Crippen molar-refractivity contribution in [3.8, 4) is 11.8 Å². The van der Waals surface area contributed by atoms with Crippen LogP contribution in [0.3, 0.4) is 0 Å². The van der Waals surface area contributed by atoms with Crippen LogP contribution in [-0.4, -0.2) is 50.9 Å². The van der Waals surface area contributed by atoms with E-state index in [9.17, 15) is 28.7 Å². The highest BCUT2D eigenvalue weighted by Gasteiger charge is 2.26. The summed E-state index contributed by atoms with van der Waals surface area (Å²) in [7, 11) is -2.97. The molecule has 1 fully saturated rings. The SMILES string of the molecule is COc1ccc(C(=O)O)cc1S(=O)(=O)Nc1cc(C#N)ccc1N1CCC[C@H](O)C1. The van der Waals surface area contributed by atoms with Gasteiger partial charge in [-0.2, -0.15) is 5.26 Å². The quantitative estimate of drug-likeness (QED) is 0.631. The molecule has 3 N–H and O–H groups in total. The van der Waals surface area contributed by atoms with Crippen LogP contribution in [0.5, 0.6) is 5.75 Å². The molecule has 0 radical (unpaired) electrons. The first-order valence-electron chi connectivity index (χ1n) is 9.16. The second kappa shape index (κ2) is 8.61. The third-order valence-electron chi connectivity index (χ3n) is 4.81. The molecule has 1 aliphatic heterocycles. The first kappa shape index (κ1) is 21.4. The number of sulfonamides is 1. The number of benzene rings is 2. The van der Waals surface area contributed by atoms with E-state index in [1.54, 1.807) is 12.1 Å². The number of carboxylic acids is 1. The monoisotopic (exact) mass is 431 g/mol. The zero-order valence-corrected chi connectivity index (χ0v) is 17.0. The molecule has 1 atom stereocenters. The summed E-state index contributed by atoms with van der Waals surface area (Å²) in [6.45, 7) is 0.952. The van der Waals surface area contributed by atoms with Gasteiger partial charge in [-0.25, -0.2) is 13.2 Å². The summed E-state index contributed by atoms with van der Waals surface area (Å²) < 4.78 is 33.8. The molecule has 9 nitrogen and oxygen atoms in total. The van der Waals surface area contributed by atoms with Crippen LogP contribution in [0.25, 0.3) is 0 Å². The van der Waals surface area contributed by atoms with E-state index in [4.69, 9.17) is 4.74 Å². The molecule has 0 spiro atoms. The topological polar surface area (TPSA) is 140 Å². The lowest BCUT2D eigenvalue weighted by molar-refractivity contribution is 0.0696.